The Balaban J connectivity index is 2.20. The van der Waals surface area contributed by atoms with Crippen molar-refractivity contribution in [2.24, 2.45) is 5.73 Å². The lowest BCUT2D eigenvalue weighted by Gasteiger charge is -2.10. The van der Waals surface area contributed by atoms with E-state index in [2.05, 4.69) is 6.92 Å². The Bertz CT molecular complexity index is 433. The molecule has 0 aliphatic rings. The molecule has 4 heteroatoms. The van der Waals surface area contributed by atoms with Gasteiger partial charge in [-0.25, -0.2) is 0 Å². The highest BCUT2D eigenvalue weighted by Gasteiger charge is 2.09. The third-order valence-corrected chi connectivity index (χ3v) is 3.52. The molecule has 0 radical (unpaired) electrons. The number of carbonyl (C=O) groups excluding carboxylic acids is 1. The Labute approximate surface area is 127 Å². The maximum atomic E-state index is 11.3. The molecule has 118 valence electrons. The quantitative estimate of drug-likeness (QED) is 0.480. The molecule has 0 aromatic heterocycles. The minimum Gasteiger partial charge on any atom is -0.493 e. The van der Waals surface area contributed by atoms with Crippen LogP contribution in [-0.4, -0.2) is 12.5 Å². The van der Waals surface area contributed by atoms with Crippen molar-refractivity contribution in [1.29, 1.82) is 0 Å². The second kappa shape index (κ2) is 10.1. The molecule has 4 N–H and O–H groups in total. The number of hydrogen-bond acceptors (Lipinski definition) is 3. The van der Waals surface area contributed by atoms with E-state index < -0.39 is 5.91 Å². The SMILES string of the molecule is CCCCCCCCCCOc1ccc(N)cc1C(N)=O. The van der Waals surface area contributed by atoms with Crippen molar-refractivity contribution >= 4 is 11.6 Å². The zero-order valence-electron chi connectivity index (χ0n) is 13.1. The van der Waals surface area contributed by atoms with Gasteiger partial charge in [0.05, 0.1) is 12.2 Å². The van der Waals surface area contributed by atoms with Gasteiger partial charge in [-0.05, 0) is 24.6 Å². The van der Waals surface area contributed by atoms with Crippen LogP contribution in [0.2, 0.25) is 0 Å². The first kappa shape index (κ1) is 17.3. The predicted octanol–water partition coefficient (Wildman–Crippen LogP) is 3.89. The molecule has 0 bridgehead atoms. The average Bonchev–Trinajstić information content (AvgIpc) is 2.46. The summed E-state index contributed by atoms with van der Waals surface area (Å²) in [6, 6.07) is 4.99. The summed E-state index contributed by atoms with van der Waals surface area (Å²) in [5.74, 6) is 0.0212. The molecule has 1 amide bonds. The van der Waals surface area contributed by atoms with Crippen molar-refractivity contribution in [1.82, 2.24) is 0 Å². The molecule has 0 heterocycles. The molecule has 1 aromatic rings. The lowest BCUT2D eigenvalue weighted by atomic mass is 10.1. The number of anilines is 1. The van der Waals surface area contributed by atoms with Crippen LogP contribution in [-0.2, 0) is 0 Å². The molecule has 0 saturated heterocycles. The van der Waals surface area contributed by atoms with Crippen LogP contribution in [0.3, 0.4) is 0 Å². The minimum absolute atomic E-state index is 0.356. The fourth-order valence-electron chi connectivity index (χ4n) is 2.28. The van der Waals surface area contributed by atoms with Crippen molar-refractivity contribution in [3.63, 3.8) is 0 Å². The van der Waals surface area contributed by atoms with E-state index in [1.165, 1.54) is 38.5 Å². The molecular weight excluding hydrogens is 264 g/mol. The fraction of sp³-hybridized carbons (Fsp3) is 0.588. The first-order chi connectivity index (χ1) is 10.1. The van der Waals surface area contributed by atoms with Gasteiger partial charge in [-0.2, -0.15) is 0 Å². The number of rotatable bonds is 11. The van der Waals surface area contributed by atoms with Gasteiger partial charge in [0.1, 0.15) is 5.75 Å². The van der Waals surface area contributed by atoms with Crippen molar-refractivity contribution < 1.29 is 9.53 Å². The minimum atomic E-state index is -0.506. The summed E-state index contributed by atoms with van der Waals surface area (Å²) in [5, 5.41) is 0. The molecule has 0 unspecified atom stereocenters. The first-order valence-corrected chi connectivity index (χ1v) is 7.97. The van der Waals surface area contributed by atoms with Crippen LogP contribution < -0.4 is 16.2 Å². The Morgan fingerprint density at radius 2 is 1.67 bits per heavy atom. The largest absolute Gasteiger partial charge is 0.493 e. The Kier molecular flexibility index (Phi) is 8.32. The molecule has 21 heavy (non-hydrogen) atoms. The van der Waals surface area contributed by atoms with Gasteiger partial charge in [0, 0.05) is 5.69 Å². The van der Waals surface area contributed by atoms with Crippen LogP contribution in [0.4, 0.5) is 5.69 Å². The van der Waals surface area contributed by atoms with Crippen LogP contribution >= 0.6 is 0 Å². The molecule has 0 atom stereocenters. The van der Waals surface area contributed by atoms with E-state index in [0.717, 1.165) is 12.8 Å². The lowest BCUT2D eigenvalue weighted by molar-refractivity contribution is 0.0996. The fourth-order valence-corrected chi connectivity index (χ4v) is 2.28. The lowest BCUT2D eigenvalue weighted by Crippen LogP contribution is -2.14. The van der Waals surface area contributed by atoms with E-state index in [4.69, 9.17) is 16.2 Å². The summed E-state index contributed by atoms with van der Waals surface area (Å²) in [4.78, 5) is 11.3. The molecule has 1 aromatic carbocycles. The highest BCUT2D eigenvalue weighted by atomic mass is 16.5. The number of nitrogens with two attached hydrogens (primary N) is 2. The Hall–Kier alpha value is -1.71. The molecule has 0 spiro atoms. The second-order valence-corrected chi connectivity index (χ2v) is 5.44. The van der Waals surface area contributed by atoms with E-state index in [9.17, 15) is 4.79 Å². The third kappa shape index (κ3) is 7.02. The number of carbonyl (C=O) groups is 1. The molecule has 0 aliphatic heterocycles. The van der Waals surface area contributed by atoms with E-state index in [0.29, 0.717) is 23.6 Å². The molecular formula is C17H28N2O2. The number of benzene rings is 1. The zero-order chi connectivity index (χ0) is 15.5. The first-order valence-electron chi connectivity index (χ1n) is 7.97. The van der Waals surface area contributed by atoms with Gasteiger partial charge in [-0.1, -0.05) is 51.9 Å². The number of amides is 1. The third-order valence-electron chi connectivity index (χ3n) is 3.52. The standard InChI is InChI=1S/C17H28N2O2/c1-2-3-4-5-6-7-8-9-12-21-16-11-10-14(18)13-15(16)17(19)20/h10-11,13H,2-9,12,18H2,1H3,(H2,19,20). The van der Waals surface area contributed by atoms with Gasteiger partial charge < -0.3 is 16.2 Å². The van der Waals surface area contributed by atoms with Gasteiger partial charge in [-0.15, -0.1) is 0 Å². The summed E-state index contributed by atoms with van der Waals surface area (Å²) in [5.41, 5.74) is 11.8. The Morgan fingerprint density at radius 3 is 2.29 bits per heavy atom. The van der Waals surface area contributed by atoms with Gasteiger partial charge in [0.2, 0.25) is 0 Å². The summed E-state index contributed by atoms with van der Waals surface area (Å²) < 4.78 is 5.64. The number of primary amides is 1. The van der Waals surface area contributed by atoms with Crippen LogP contribution in [0, 0.1) is 0 Å². The highest BCUT2D eigenvalue weighted by molar-refractivity contribution is 5.96. The van der Waals surface area contributed by atoms with Crippen molar-refractivity contribution in [3.8, 4) is 5.75 Å². The van der Waals surface area contributed by atoms with Crippen molar-refractivity contribution in [2.75, 3.05) is 12.3 Å². The molecule has 4 nitrogen and oxygen atoms in total. The predicted molar refractivity (Wildman–Crippen MR) is 87.5 cm³/mol. The van der Waals surface area contributed by atoms with Gasteiger partial charge in [0.25, 0.3) is 5.91 Å². The highest BCUT2D eigenvalue weighted by Crippen LogP contribution is 2.21. The van der Waals surface area contributed by atoms with E-state index >= 15 is 0 Å². The monoisotopic (exact) mass is 292 g/mol. The number of hydrogen-bond donors (Lipinski definition) is 2. The second-order valence-electron chi connectivity index (χ2n) is 5.44. The Morgan fingerprint density at radius 1 is 1.05 bits per heavy atom. The summed E-state index contributed by atoms with van der Waals surface area (Å²) in [6.07, 6.45) is 10.0. The van der Waals surface area contributed by atoms with Crippen LogP contribution in [0.25, 0.3) is 0 Å². The van der Waals surface area contributed by atoms with E-state index in [1.54, 1.807) is 18.2 Å². The molecule has 0 fully saturated rings. The molecule has 0 aliphatic carbocycles. The van der Waals surface area contributed by atoms with Crippen LogP contribution in [0.1, 0.15) is 68.6 Å². The average molecular weight is 292 g/mol. The van der Waals surface area contributed by atoms with Gasteiger partial charge >= 0.3 is 0 Å². The summed E-state index contributed by atoms with van der Waals surface area (Å²) in [6.45, 7) is 2.84. The van der Waals surface area contributed by atoms with E-state index in [-0.39, 0.29) is 0 Å². The summed E-state index contributed by atoms with van der Waals surface area (Å²) in [7, 11) is 0. The zero-order valence-corrected chi connectivity index (χ0v) is 13.1. The molecule has 0 saturated carbocycles. The maximum Gasteiger partial charge on any atom is 0.252 e. The molecule has 1 rings (SSSR count). The topological polar surface area (TPSA) is 78.3 Å². The number of unbranched alkanes of at least 4 members (excludes halogenated alkanes) is 7. The van der Waals surface area contributed by atoms with Crippen LogP contribution in [0.5, 0.6) is 5.75 Å². The van der Waals surface area contributed by atoms with E-state index in [1.807, 2.05) is 0 Å². The van der Waals surface area contributed by atoms with Gasteiger partial charge in [-0.3, -0.25) is 4.79 Å². The normalized spacial score (nSPS) is 10.5. The smallest absolute Gasteiger partial charge is 0.252 e. The van der Waals surface area contributed by atoms with Crippen molar-refractivity contribution in [3.05, 3.63) is 23.8 Å². The van der Waals surface area contributed by atoms with Crippen molar-refractivity contribution in [2.45, 2.75) is 58.3 Å². The van der Waals surface area contributed by atoms with Crippen LogP contribution in [0.15, 0.2) is 18.2 Å². The number of nitrogen functional groups attached to an aromatic ring is 1. The maximum absolute atomic E-state index is 11.3. The summed E-state index contributed by atoms with van der Waals surface area (Å²) >= 11 is 0. The van der Waals surface area contributed by atoms with Gasteiger partial charge in [0.15, 0.2) is 0 Å². The number of ether oxygens (including phenoxy) is 1.